The summed E-state index contributed by atoms with van der Waals surface area (Å²) < 4.78 is 10.7. The lowest BCUT2D eigenvalue weighted by atomic mass is 9.94. The number of aryl methyl sites for hydroxylation is 1. The van der Waals surface area contributed by atoms with E-state index in [0.717, 1.165) is 16.7 Å². The molecule has 0 saturated heterocycles. The van der Waals surface area contributed by atoms with Gasteiger partial charge in [0.2, 0.25) is 6.79 Å². The molecule has 1 aromatic rings. The van der Waals surface area contributed by atoms with Gasteiger partial charge in [0.1, 0.15) is 0 Å². The van der Waals surface area contributed by atoms with E-state index in [1.807, 2.05) is 19.9 Å². The summed E-state index contributed by atoms with van der Waals surface area (Å²) in [5.74, 6) is 0.303. The van der Waals surface area contributed by atoms with Crippen molar-refractivity contribution < 1.29 is 19.4 Å². The third-order valence-corrected chi connectivity index (χ3v) is 2.99. The predicted octanol–water partition coefficient (Wildman–Crippen LogP) is 1.51. The second kappa shape index (κ2) is 4.25. The Morgan fingerprint density at radius 1 is 1.53 bits per heavy atom. The molecule has 0 aliphatic carbocycles. The number of aliphatic carboxylic acids is 1. The fourth-order valence-corrected chi connectivity index (χ4v) is 2.03. The van der Waals surface area contributed by atoms with E-state index >= 15 is 0 Å². The molecule has 1 aromatic carbocycles. The Kier molecular flexibility index (Phi) is 2.93. The highest BCUT2D eigenvalue weighted by Crippen LogP contribution is 2.42. The highest BCUT2D eigenvalue weighted by Gasteiger charge is 2.26. The van der Waals surface area contributed by atoms with Crippen molar-refractivity contribution in [3.8, 4) is 11.5 Å². The van der Waals surface area contributed by atoms with Crippen LogP contribution in [-0.4, -0.2) is 17.9 Å². The van der Waals surface area contributed by atoms with Crippen LogP contribution < -0.4 is 15.2 Å². The van der Waals surface area contributed by atoms with Gasteiger partial charge in [-0.3, -0.25) is 4.79 Å². The zero-order valence-electron chi connectivity index (χ0n) is 9.82. The summed E-state index contributed by atoms with van der Waals surface area (Å²) in [6.45, 7) is 4.01. The maximum Gasteiger partial charge on any atom is 0.305 e. The van der Waals surface area contributed by atoms with Gasteiger partial charge in [0.25, 0.3) is 0 Å². The number of carboxylic acid groups (broad SMARTS) is 1. The normalized spacial score (nSPS) is 14.8. The summed E-state index contributed by atoms with van der Waals surface area (Å²) in [5.41, 5.74) is 8.64. The maximum atomic E-state index is 10.7. The standard InChI is InChI=1S/C12H15NO4/c1-6-3-9-12(17-5-16-9)11(7(6)2)8(13)4-10(14)15/h3,8H,4-5,13H2,1-2H3,(H,14,15). The van der Waals surface area contributed by atoms with E-state index < -0.39 is 12.0 Å². The van der Waals surface area contributed by atoms with Gasteiger partial charge in [0.15, 0.2) is 11.5 Å². The van der Waals surface area contributed by atoms with Gasteiger partial charge >= 0.3 is 5.97 Å². The van der Waals surface area contributed by atoms with Crippen molar-refractivity contribution in [1.82, 2.24) is 0 Å². The fourth-order valence-electron chi connectivity index (χ4n) is 2.03. The second-order valence-electron chi connectivity index (χ2n) is 4.17. The Bertz CT molecular complexity index is 470. The lowest BCUT2D eigenvalue weighted by Crippen LogP contribution is -2.17. The van der Waals surface area contributed by atoms with E-state index in [4.69, 9.17) is 20.3 Å². The molecule has 92 valence electrons. The molecule has 2 rings (SSSR count). The molecule has 3 N–H and O–H groups in total. The predicted molar refractivity (Wildman–Crippen MR) is 61.2 cm³/mol. The lowest BCUT2D eigenvalue weighted by Gasteiger charge is -2.17. The van der Waals surface area contributed by atoms with Crippen LogP contribution >= 0.6 is 0 Å². The van der Waals surface area contributed by atoms with Crippen LogP contribution in [0.1, 0.15) is 29.2 Å². The number of hydrogen-bond donors (Lipinski definition) is 2. The van der Waals surface area contributed by atoms with Crippen molar-refractivity contribution in [2.45, 2.75) is 26.3 Å². The van der Waals surface area contributed by atoms with Gasteiger partial charge < -0.3 is 20.3 Å². The topological polar surface area (TPSA) is 81.8 Å². The van der Waals surface area contributed by atoms with E-state index in [-0.39, 0.29) is 13.2 Å². The molecule has 1 unspecified atom stereocenters. The number of nitrogens with two attached hydrogens (primary N) is 1. The van der Waals surface area contributed by atoms with E-state index in [0.29, 0.717) is 11.5 Å². The Hall–Kier alpha value is -1.75. The first-order chi connectivity index (χ1) is 8.00. The summed E-state index contributed by atoms with van der Waals surface area (Å²) in [6, 6.07) is 1.30. The van der Waals surface area contributed by atoms with Gasteiger partial charge in [-0.1, -0.05) is 0 Å². The van der Waals surface area contributed by atoms with Crippen molar-refractivity contribution in [3.63, 3.8) is 0 Å². The molecule has 17 heavy (non-hydrogen) atoms. The number of rotatable bonds is 3. The monoisotopic (exact) mass is 237 g/mol. The molecule has 0 fully saturated rings. The third kappa shape index (κ3) is 2.06. The Labute approximate surface area is 99.1 Å². The molecular weight excluding hydrogens is 222 g/mol. The SMILES string of the molecule is Cc1cc2c(c(C(N)CC(=O)O)c1C)OCO2. The van der Waals surface area contributed by atoms with Crippen molar-refractivity contribution in [1.29, 1.82) is 0 Å². The molecule has 0 bridgehead atoms. The van der Waals surface area contributed by atoms with Crippen LogP contribution in [0.2, 0.25) is 0 Å². The number of carboxylic acids is 1. The van der Waals surface area contributed by atoms with Gasteiger partial charge in [-0.15, -0.1) is 0 Å². The highest BCUT2D eigenvalue weighted by atomic mass is 16.7. The molecule has 0 aromatic heterocycles. The van der Waals surface area contributed by atoms with Crippen molar-refractivity contribution in [2.24, 2.45) is 5.73 Å². The maximum absolute atomic E-state index is 10.7. The van der Waals surface area contributed by atoms with Crippen LogP contribution in [0.25, 0.3) is 0 Å². The molecule has 0 spiro atoms. The first-order valence-corrected chi connectivity index (χ1v) is 5.37. The van der Waals surface area contributed by atoms with Crippen LogP contribution in [0.5, 0.6) is 11.5 Å². The molecule has 0 amide bonds. The molecule has 5 heteroatoms. The van der Waals surface area contributed by atoms with Gasteiger partial charge in [-0.25, -0.2) is 0 Å². The Morgan fingerprint density at radius 3 is 2.88 bits per heavy atom. The first kappa shape index (κ1) is 11.7. The van der Waals surface area contributed by atoms with Crippen molar-refractivity contribution >= 4 is 5.97 Å². The van der Waals surface area contributed by atoms with Gasteiger partial charge in [0.05, 0.1) is 6.42 Å². The van der Waals surface area contributed by atoms with Crippen LogP contribution in [0.15, 0.2) is 6.07 Å². The van der Waals surface area contributed by atoms with E-state index in [2.05, 4.69) is 0 Å². The second-order valence-corrected chi connectivity index (χ2v) is 4.17. The van der Waals surface area contributed by atoms with Crippen LogP contribution in [-0.2, 0) is 4.79 Å². The average molecular weight is 237 g/mol. The lowest BCUT2D eigenvalue weighted by molar-refractivity contribution is -0.137. The first-order valence-electron chi connectivity index (χ1n) is 5.37. The van der Waals surface area contributed by atoms with Gasteiger partial charge in [-0.2, -0.15) is 0 Å². The van der Waals surface area contributed by atoms with Crippen LogP contribution in [0.3, 0.4) is 0 Å². The summed E-state index contributed by atoms with van der Waals surface area (Å²) in [5, 5.41) is 8.80. The minimum Gasteiger partial charge on any atom is -0.481 e. The highest BCUT2D eigenvalue weighted by molar-refractivity contribution is 5.69. The van der Waals surface area contributed by atoms with Gasteiger partial charge in [-0.05, 0) is 31.0 Å². The number of fused-ring (bicyclic) bond motifs is 1. The summed E-state index contributed by atoms with van der Waals surface area (Å²) >= 11 is 0. The molecule has 1 atom stereocenters. The van der Waals surface area contributed by atoms with E-state index in [1.54, 1.807) is 0 Å². The summed E-state index contributed by atoms with van der Waals surface area (Å²) in [4.78, 5) is 10.7. The number of benzene rings is 1. The Morgan fingerprint density at radius 2 is 2.24 bits per heavy atom. The van der Waals surface area contributed by atoms with E-state index in [9.17, 15) is 4.79 Å². The zero-order valence-corrected chi connectivity index (χ0v) is 9.82. The number of carbonyl (C=O) groups is 1. The van der Waals surface area contributed by atoms with Crippen molar-refractivity contribution in [3.05, 3.63) is 22.8 Å². The third-order valence-electron chi connectivity index (χ3n) is 2.99. The van der Waals surface area contributed by atoms with Crippen LogP contribution in [0, 0.1) is 13.8 Å². The largest absolute Gasteiger partial charge is 0.481 e. The molecule has 1 aliphatic heterocycles. The number of hydrogen-bond acceptors (Lipinski definition) is 4. The molecule has 1 aliphatic rings. The van der Waals surface area contributed by atoms with Crippen LogP contribution in [0.4, 0.5) is 0 Å². The molecule has 5 nitrogen and oxygen atoms in total. The molecular formula is C12H15NO4. The van der Waals surface area contributed by atoms with E-state index in [1.165, 1.54) is 0 Å². The van der Waals surface area contributed by atoms with Crippen molar-refractivity contribution in [2.75, 3.05) is 6.79 Å². The molecule has 0 radical (unpaired) electrons. The zero-order chi connectivity index (χ0) is 12.6. The van der Waals surface area contributed by atoms with Gasteiger partial charge in [0, 0.05) is 11.6 Å². The Balaban J connectivity index is 2.48. The summed E-state index contributed by atoms with van der Waals surface area (Å²) in [7, 11) is 0. The molecule has 0 saturated carbocycles. The fraction of sp³-hybridized carbons (Fsp3) is 0.417. The summed E-state index contributed by atoms with van der Waals surface area (Å²) in [6.07, 6.45) is -0.125. The average Bonchev–Trinajstić information content (AvgIpc) is 2.65. The molecule has 1 heterocycles. The number of ether oxygens (including phenoxy) is 2. The minimum absolute atomic E-state index is 0.125. The minimum atomic E-state index is -0.925. The quantitative estimate of drug-likeness (QED) is 0.832. The smallest absolute Gasteiger partial charge is 0.305 e.